The molecule has 1 fully saturated rings. The Kier molecular flexibility index (Phi) is 3.25. The normalized spacial score (nSPS) is 20.2. The maximum absolute atomic E-state index is 13.5. The van der Waals surface area contributed by atoms with Gasteiger partial charge in [-0.25, -0.2) is 4.39 Å². The fraction of sp³-hybridized carbons (Fsp3) is 0.364. The quantitative estimate of drug-likeness (QED) is 0.856. The second-order valence-corrected chi connectivity index (χ2v) is 4.73. The zero-order chi connectivity index (χ0) is 11.7. The molecule has 3 nitrogen and oxygen atoms in total. The van der Waals surface area contributed by atoms with E-state index in [4.69, 9.17) is 0 Å². The molecule has 1 aromatic rings. The highest BCUT2D eigenvalue weighted by molar-refractivity contribution is 9.10. The summed E-state index contributed by atoms with van der Waals surface area (Å²) in [6, 6.07) is 4.34. The van der Waals surface area contributed by atoms with E-state index in [2.05, 4.69) is 15.9 Å². The topological polar surface area (TPSA) is 40.5 Å². The Bertz CT molecular complexity index is 424. The lowest BCUT2D eigenvalue weighted by Gasteiger charge is -2.15. The van der Waals surface area contributed by atoms with Gasteiger partial charge in [-0.2, -0.15) is 0 Å². The van der Waals surface area contributed by atoms with Gasteiger partial charge in [-0.15, -0.1) is 0 Å². The molecule has 0 saturated carbocycles. The zero-order valence-electron chi connectivity index (χ0n) is 8.49. The van der Waals surface area contributed by atoms with Crippen LogP contribution in [0.25, 0.3) is 0 Å². The van der Waals surface area contributed by atoms with E-state index in [0.29, 0.717) is 17.4 Å². The van der Waals surface area contributed by atoms with Crippen molar-refractivity contribution < 1.29 is 14.3 Å². The molecular formula is C11H11BrFNO2. The van der Waals surface area contributed by atoms with Gasteiger partial charge in [0.1, 0.15) is 5.82 Å². The number of halogens is 2. The molecular weight excluding hydrogens is 277 g/mol. The summed E-state index contributed by atoms with van der Waals surface area (Å²) in [5.41, 5.74) is 0.0531. The van der Waals surface area contributed by atoms with Gasteiger partial charge in [0.15, 0.2) is 0 Å². The maximum Gasteiger partial charge on any atom is 0.256 e. The number of likely N-dealkylation sites (tertiary alicyclic amines) is 1. The summed E-state index contributed by atoms with van der Waals surface area (Å²) in [6.07, 6.45) is 0.0756. The highest BCUT2D eigenvalue weighted by Gasteiger charge is 2.26. The number of aliphatic hydroxyl groups is 1. The van der Waals surface area contributed by atoms with Crippen molar-refractivity contribution in [2.45, 2.75) is 12.5 Å². The van der Waals surface area contributed by atoms with E-state index >= 15 is 0 Å². The Balaban J connectivity index is 2.21. The Morgan fingerprint density at radius 3 is 2.88 bits per heavy atom. The lowest BCUT2D eigenvalue weighted by atomic mass is 10.2. The number of amides is 1. The molecule has 1 N–H and O–H groups in total. The maximum atomic E-state index is 13.5. The van der Waals surface area contributed by atoms with Gasteiger partial charge in [0.05, 0.1) is 11.7 Å². The number of carbonyl (C=O) groups excluding carboxylic acids is 1. The van der Waals surface area contributed by atoms with Crippen molar-refractivity contribution in [1.82, 2.24) is 4.90 Å². The standard InChI is InChI=1S/C11H11BrFNO2/c12-7-1-2-9(10(13)5-7)11(16)14-4-3-8(15)6-14/h1-2,5,8,15H,3-4,6H2/t8-/m1/s1. The molecule has 1 amide bonds. The van der Waals surface area contributed by atoms with E-state index in [1.165, 1.54) is 17.0 Å². The fourth-order valence-corrected chi connectivity index (χ4v) is 2.09. The molecule has 0 bridgehead atoms. The number of β-amino-alcohol motifs (C(OH)–C–C–N with tert-alkyl or cyclic N) is 1. The Hall–Kier alpha value is -0.940. The predicted molar refractivity (Wildman–Crippen MR) is 60.6 cm³/mol. The molecule has 1 heterocycles. The molecule has 1 aliphatic heterocycles. The molecule has 16 heavy (non-hydrogen) atoms. The molecule has 0 unspecified atom stereocenters. The van der Waals surface area contributed by atoms with Crippen LogP contribution in [-0.4, -0.2) is 35.1 Å². The fourth-order valence-electron chi connectivity index (χ4n) is 1.76. The molecule has 86 valence electrons. The van der Waals surface area contributed by atoms with Crippen LogP contribution in [0.2, 0.25) is 0 Å². The van der Waals surface area contributed by atoms with Crippen LogP contribution in [0, 0.1) is 5.82 Å². The Morgan fingerprint density at radius 2 is 2.31 bits per heavy atom. The van der Waals surface area contributed by atoms with Gasteiger partial charge in [0.25, 0.3) is 5.91 Å². The number of aliphatic hydroxyl groups excluding tert-OH is 1. The van der Waals surface area contributed by atoms with Crippen LogP contribution in [0.3, 0.4) is 0 Å². The van der Waals surface area contributed by atoms with Gasteiger partial charge in [-0.05, 0) is 24.6 Å². The van der Waals surface area contributed by atoms with Crippen LogP contribution >= 0.6 is 15.9 Å². The number of rotatable bonds is 1. The first-order chi connectivity index (χ1) is 7.58. The third-order valence-electron chi connectivity index (χ3n) is 2.61. The average molecular weight is 288 g/mol. The van der Waals surface area contributed by atoms with Crippen LogP contribution in [0.5, 0.6) is 0 Å². The number of benzene rings is 1. The Morgan fingerprint density at radius 1 is 1.56 bits per heavy atom. The third-order valence-corrected chi connectivity index (χ3v) is 3.11. The van der Waals surface area contributed by atoms with Crippen molar-refractivity contribution in [3.8, 4) is 0 Å². The third kappa shape index (κ3) is 2.25. The summed E-state index contributed by atoms with van der Waals surface area (Å²) in [5.74, 6) is -0.901. The summed E-state index contributed by atoms with van der Waals surface area (Å²) in [6.45, 7) is 0.768. The zero-order valence-corrected chi connectivity index (χ0v) is 10.1. The summed E-state index contributed by atoms with van der Waals surface area (Å²) in [4.78, 5) is 13.4. The summed E-state index contributed by atoms with van der Waals surface area (Å²) < 4.78 is 14.1. The minimum Gasteiger partial charge on any atom is -0.391 e. The van der Waals surface area contributed by atoms with Crippen LogP contribution < -0.4 is 0 Å². The van der Waals surface area contributed by atoms with E-state index < -0.39 is 11.9 Å². The monoisotopic (exact) mass is 287 g/mol. The first-order valence-corrected chi connectivity index (χ1v) is 5.79. The number of nitrogens with zero attached hydrogens (tertiary/aromatic N) is 1. The summed E-state index contributed by atoms with van der Waals surface area (Å²) >= 11 is 3.13. The minimum atomic E-state index is -0.541. The van der Waals surface area contributed by atoms with E-state index in [1.807, 2.05) is 0 Å². The highest BCUT2D eigenvalue weighted by atomic mass is 79.9. The van der Waals surface area contributed by atoms with Gasteiger partial charge in [-0.1, -0.05) is 15.9 Å². The summed E-state index contributed by atoms with van der Waals surface area (Å²) in [5, 5.41) is 9.31. The molecule has 0 aliphatic carbocycles. The Labute approximate surface area is 101 Å². The molecule has 0 radical (unpaired) electrons. The summed E-state index contributed by atoms with van der Waals surface area (Å²) in [7, 11) is 0. The molecule has 1 aromatic carbocycles. The number of hydrogen-bond acceptors (Lipinski definition) is 2. The highest BCUT2D eigenvalue weighted by Crippen LogP contribution is 2.19. The second kappa shape index (κ2) is 4.51. The van der Waals surface area contributed by atoms with Gasteiger partial charge in [0.2, 0.25) is 0 Å². The van der Waals surface area contributed by atoms with Crippen molar-refractivity contribution in [3.05, 3.63) is 34.1 Å². The minimum absolute atomic E-state index is 0.0531. The van der Waals surface area contributed by atoms with E-state index in [1.54, 1.807) is 6.07 Å². The van der Waals surface area contributed by atoms with Gasteiger partial charge in [-0.3, -0.25) is 4.79 Å². The molecule has 1 atom stereocenters. The van der Waals surface area contributed by atoms with Crippen LogP contribution in [0.1, 0.15) is 16.8 Å². The molecule has 0 aromatic heterocycles. The van der Waals surface area contributed by atoms with Crippen molar-refractivity contribution in [2.24, 2.45) is 0 Å². The molecule has 2 rings (SSSR count). The lowest BCUT2D eigenvalue weighted by Crippen LogP contribution is -2.30. The van der Waals surface area contributed by atoms with Crippen molar-refractivity contribution >= 4 is 21.8 Å². The smallest absolute Gasteiger partial charge is 0.256 e. The molecule has 5 heteroatoms. The van der Waals surface area contributed by atoms with E-state index in [-0.39, 0.29) is 18.0 Å². The van der Waals surface area contributed by atoms with Crippen molar-refractivity contribution in [3.63, 3.8) is 0 Å². The first kappa shape index (κ1) is 11.5. The van der Waals surface area contributed by atoms with Crippen molar-refractivity contribution in [2.75, 3.05) is 13.1 Å². The van der Waals surface area contributed by atoms with Gasteiger partial charge < -0.3 is 10.0 Å². The molecule has 1 saturated heterocycles. The van der Waals surface area contributed by atoms with Gasteiger partial charge >= 0.3 is 0 Å². The van der Waals surface area contributed by atoms with Crippen LogP contribution in [0.15, 0.2) is 22.7 Å². The van der Waals surface area contributed by atoms with E-state index in [0.717, 1.165) is 0 Å². The predicted octanol–water partition coefficient (Wildman–Crippen LogP) is 1.79. The largest absolute Gasteiger partial charge is 0.391 e. The average Bonchev–Trinajstić information content (AvgIpc) is 2.64. The van der Waals surface area contributed by atoms with E-state index in [9.17, 15) is 14.3 Å². The molecule has 0 spiro atoms. The first-order valence-electron chi connectivity index (χ1n) is 5.00. The van der Waals surface area contributed by atoms with Crippen LogP contribution in [0.4, 0.5) is 4.39 Å². The van der Waals surface area contributed by atoms with Crippen LogP contribution in [-0.2, 0) is 0 Å². The van der Waals surface area contributed by atoms with Crippen molar-refractivity contribution in [1.29, 1.82) is 0 Å². The number of carbonyl (C=O) groups is 1. The number of hydrogen-bond donors (Lipinski definition) is 1. The lowest BCUT2D eigenvalue weighted by molar-refractivity contribution is 0.0760. The van der Waals surface area contributed by atoms with Gasteiger partial charge in [0, 0.05) is 17.6 Å². The SMILES string of the molecule is O=C(c1ccc(Br)cc1F)N1CC[C@@H](O)C1. The molecule has 1 aliphatic rings. The second-order valence-electron chi connectivity index (χ2n) is 3.82.